The molecule has 1 aromatic carbocycles. The maximum Gasteiger partial charge on any atom is 0.122 e. The molecule has 3 rings (SSSR count). The molecule has 2 aliphatic rings. The molecule has 0 bridgehead atoms. The fraction of sp³-hybridized carbons (Fsp3) is 0.600. The zero-order chi connectivity index (χ0) is 12.7. The van der Waals surface area contributed by atoms with Crippen LogP contribution in [-0.4, -0.2) is 34.2 Å². The second-order valence-corrected chi connectivity index (χ2v) is 5.61. The van der Waals surface area contributed by atoms with Crippen LogP contribution in [0.15, 0.2) is 12.1 Å². The van der Waals surface area contributed by atoms with Gasteiger partial charge in [-0.25, -0.2) is 0 Å². The molecular weight excluding hydrogens is 226 g/mol. The lowest BCUT2D eigenvalue weighted by atomic mass is 9.75. The summed E-state index contributed by atoms with van der Waals surface area (Å²) in [6.07, 6.45) is 4.46. The van der Waals surface area contributed by atoms with Gasteiger partial charge in [-0.15, -0.1) is 0 Å². The molecule has 98 valence electrons. The van der Waals surface area contributed by atoms with Crippen molar-refractivity contribution < 1.29 is 10.2 Å². The lowest BCUT2D eigenvalue weighted by Gasteiger charge is -2.44. The zero-order valence-electron chi connectivity index (χ0n) is 10.9. The highest BCUT2D eigenvalue weighted by Gasteiger charge is 2.35. The molecule has 0 saturated carbocycles. The van der Waals surface area contributed by atoms with E-state index in [1.54, 1.807) is 0 Å². The van der Waals surface area contributed by atoms with Gasteiger partial charge in [0.15, 0.2) is 0 Å². The third-order valence-electron chi connectivity index (χ3n) is 4.64. The maximum atomic E-state index is 9.98. The minimum atomic E-state index is 0.184. The Morgan fingerprint density at radius 1 is 1.28 bits per heavy atom. The van der Waals surface area contributed by atoms with Crippen LogP contribution in [0.1, 0.15) is 30.9 Å². The first kappa shape index (κ1) is 11.8. The molecule has 0 unspecified atom stereocenters. The Morgan fingerprint density at radius 3 is 2.89 bits per heavy atom. The van der Waals surface area contributed by atoms with E-state index in [1.165, 1.54) is 25.5 Å². The Kier molecular flexibility index (Phi) is 2.94. The van der Waals surface area contributed by atoms with Crippen molar-refractivity contribution in [2.45, 2.75) is 38.6 Å². The van der Waals surface area contributed by atoms with Crippen LogP contribution in [0, 0.1) is 5.92 Å². The average molecular weight is 247 g/mol. The van der Waals surface area contributed by atoms with Crippen LogP contribution < -0.4 is 0 Å². The van der Waals surface area contributed by atoms with Crippen molar-refractivity contribution in [2.24, 2.45) is 5.92 Å². The molecule has 1 aliphatic heterocycles. The Morgan fingerprint density at radius 2 is 2.11 bits per heavy atom. The van der Waals surface area contributed by atoms with Crippen molar-refractivity contribution in [3.63, 3.8) is 0 Å². The van der Waals surface area contributed by atoms with Crippen LogP contribution in [0.5, 0.6) is 11.5 Å². The number of rotatable bonds is 1. The molecule has 18 heavy (non-hydrogen) atoms. The Labute approximate surface area is 108 Å². The third-order valence-corrected chi connectivity index (χ3v) is 4.64. The minimum Gasteiger partial charge on any atom is -0.508 e. The fourth-order valence-electron chi connectivity index (χ4n) is 3.74. The number of phenolic OH excluding ortho intramolecular Hbond substituents is 2. The van der Waals surface area contributed by atoms with Gasteiger partial charge >= 0.3 is 0 Å². The molecule has 1 heterocycles. The number of likely N-dealkylation sites (tertiary alicyclic amines) is 1. The van der Waals surface area contributed by atoms with Gasteiger partial charge in [-0.3, -0.25) is 0 Å². The summed E-state index contributed by atoms with van der Waals surface area (Å²) in [6.45, 7) is 4.51. The summed E-state index contributed by atoms with van der Waals surface area (Å²) in [7, 11) is 0. The van der Waals surface area contributed by atoms with E-state index in [2.05, 4.69) is 11.8 Å². The van der Waals surface area contributed by atoms with Crippen molar-refractivity contribution in [3.05, 3.63) is 23.3 Å². The molecule has 2 N–H and O–H groups in total. The molecule has 1 aliphatic carbocycles. The highest BCUT2D eigenvalue weighted by Crippen LogP contribution is 2.39. The van der Waals surface area contributed by atoms with E-state index in [9.17, 15) is 10.2 Å². The molecule has 1 aromatic rings. The van der Waals surface area contributed by atoms with E-state index in [4.69, 9.17) is 0 Å². The minimum absolute atomic E-state index is 0.184. The van der Waals surface area contributed by atoms with Gasteiger partial charge in [-0.05, 0) is 61.9 Å². The van der Waals surface area contributed by atoms with E-state index in [1.807, 2.05) is 6.07 Å². The van der Waals surface area contributed by atoms with Crippen LogP contribution in [0.25, 0.3) is 0 Å². The van der Waals surface area contributed by atoms with Crippen LogP contribution in [0.4, 0.5) is 0 Å². The number of phenols is 2. The summed E-state index contributed by atoms with van der Waals surface area (Å²) in [4.78, 5) is 2.55. The first-order chi connectivity index (χ1) is 8.69. The molecule has 0 radical (unpaired) electrons. The number of benzene rings is 1. The number of aromatic hydroxyl groups is 2. The number of fused-ring (bicyclic) bond motifs is 2. The number of likely N-dealkylation sites (N-methyl/N-ethyl adjacent to an activating group) is 1. The van der Waals surface area contributed by atoms with Gasteiger partial charge in [0.2, 0.25) is 0 Å². The van der Waals surface area contributed by atoms with Crippen molar-refractivity contribution in [1.29, 1.82) is 0 Å². The third kappa shape index (κ3) is 1.87. The molecule has 0 aromatic heterocycles. The van der Waals surface area contributed by atoms with E-state index >= 15 is 0 Å². The lowest BCUT2D eigenvalue weighted by Crippen LogP contribution is -2.48. The summed E-state index contributed by atoms with van der Waals surface area (Å²) < 4.78 is 0. The Bertz CT molecular complexity index is 458. The van der Waals surface area contributed by atoms with Gasteiger partial charge in [0.25, 0.3) is 0 Å². The predicted molar refractivity (Wildman–Crippen MR) is 70.9 cm³/mol. The topological polar surface area (TPSA) is 43.7 Å². The van der Waals surface area contributed by atoms with Gasteiger partial charge < -0.3 is 15.1 Å². The quantitative estimate of drug-likeness (QED) is 0.800. The van der Waals surface area contributed by atoms with Gasteiger partial charge in [-0.1, -0.05) is 6.92 Å². The zero-order valence-corrected chi connectivity index (χ0v) is 10.9. The van der Waals surface area contributed by atoms with Gasteiger partial charge in [-0.2, -0.15) is 0 Å². The lowest BCUT2D eigenvalue weighted by molar-refractivity contribution is 0.0902. The van der Waals surface area contributed by atoms with Gasteiger partial charge in [0.05, 0.1) is 0 Å². The highest BCUT2D eigenvalue weighted by molar-refractivity contribution is 5.47. The van der Waals surface area contributed by atoms with Gasteiger partial charge in [0.1, 0.15) is 11.5 Å². The summed E-state index contributed by atoms with van der Waals surface area (Å²) >= 11 is 0. The highest BCUT2D eigenvalue weighted by atomic mass is 16.3. The molecule has 3 nitrogen and oxygen atoms in total. The summed E-state index contributed by atoms with van der Waals surface area (Å²) in [6, 6.07) is 3.89. The van der Waals surface area contributed by atoms with E-state index < -0.39 is 0 Å². The van der Waals surface area contributed by atoms with E-state index in [0.717, 1.165) is 30.5 Å². The summed E-state index contributed by atoms with van der Waals surface area (Å²) in [5.74, 6) is 1.13. The van der Waals surface area contributed by atoms with E-state index in [-0.39, 0.29) is 11.5 Å². The average Bonchev–Trinajstić information content (AvgIpc) is 2.36. The van der Waals surface area contributed by atoms with Crippen LogP contribution in [-0.2, 0) is 12.8 Å². The predicted octanol–water partition coefficient (Wildman–Crippen LogP) is 2.30. The number of hydrogen-bond acceptors (Lipinski definition) is 3. The number of hydrogen-bond donors (Lipinski definition) is 2. The number of piperidine rings is 1. The maximum absolute atomic E-state index is 9.98. The first-order valence-electron chi connectivity index (χ1n) is 6.96. The van der Waals surface area contributed by atoms with Crippen LogP contribution in [0.2, 0.25) is 0 Å². The van der Waals surface area contributed by atoms with Crippen molar-refractivity contribution in [2.75, 3.05) is 13.1 Å². The summed E-state index contributed by atoms with van der Waals surface area (Å²) in [5.41, 5.74) is 2.20. The molecule has 0 amide bonds. The van der Waals surface area contributed by atoms with Crippen LogP contribution >= 0.6 is 0 Å². The molecule has 2 atom stereocenters. The van der Waals surface area contributed by atoms with Crippen molar-refractivity contribution in [1.82, 2.24) is 4.90 Å². The van der Waals surface area contributed by atoms with E-state index in [0.29, 0.717) is 12.0 Å². The van der Waals surface area contributed by atoms with Gasteiger partial charge in [0, 0.05) is 12.1 Å². The Hall–Kier alpha value is -1.22. The molecule has 1 saturated heterocycles. The monoisotopic (exact) mass is 247 g/mol. The fourth-order valence-corrected chi connectivity index (χ4v) is 3.74. The smallest absolute Gasteiger partial charge is 0.122 e. The van der Waals surface area contributed by atoms with Crippen molar-refractivity contribution >= 4 is 0 Å². The molecular formula is C15H21NO2. The molecule has 1 fully saturated rings. The standard InChI is InChI=1S/C15H21NO2/c1-2-16-5-3-4-10-7-13-11(8-14(10)16)6-12(17)9-15(13)18/h6,9-10,14,17-18H,2-5,7-8H2,1H3/t10-,14-/m1/s1. The number of nitrogens with zero attached hydrogens (tertiary/aromatic N) is 1. The largest absolute Gasteiger partial charge is 0.508 e. The molecule has 3 heteroatoms. The van der Waals surface area contributed by atoms with Crippen LogP contribution in [0.3, 0.4) is 0 Å². The second kappa shape index (κ2) is 4.47. The normalized spacial score (nSPS) is 27.6. The molecule has 0 spiro atoms. The second-order valence-electron chi connectivity index (χ2n) is 5.61. The SMILES string of the molecule is CCN1CCC[C@@H]2Cc3c(O)cc(O)cc3C[C@H]21. The first-order valence-corrected chi connectivity index (χ1v) is 6.96. The summed E-state index contributed by atoms with van der Waals surface area (Å²) in [5, 5.41) is 19.6. The Balaban J connectivity index is 1.96. The van der Waals surface area contributed by atoms with Crippen molar-refractivity contribution in [3.8, 4) is 11.5 Å².